The molecule has 1 heterocycles. The Bertz CT molecular complexity index is 511. The monoisotopic (exact) mass is 290 g/mol. The quantitative estimate of drug-likeness (QED) is 0.846. The van der Waals surface area contributed by atoms with Gasteiger partial charge < -0.3 is 10.6 Å². The van der Waals surface area contributed by atoms with Gasteiger partial charge in [0.1, 0.15) is 0 Å². The van der Waals surface area contributed by atoms with Crippen LogP contribution in [-0.4, -0.2) is 28.8 Å². The van der Waals surface area contributed by atoms with Gasteiger partial charge in [0.15, 0.2) is 0 Å². The predicted octanol–water partition coefficient (Wildman–Crippen LogP) is 2.07. The van der Waals surface area contributed by atoms with Gasteiger partial charge in [-0.2, -0.15) is 0 Å². The fourth-order valence-electron chi connectivity index (χ4n) is 7.04. The average molecular weight is 290 g/mol. The summed E-state index contributed by atoms with van der Waals surface area (Å²) < 4.78 is 0. The first-order valence-corrected chi connectivity index (χ1v) is 8.33. The Kier molecular flexibility index (Phi) is 2.47. The molecule has 1 aliphatic heterocycles. The number of carbonyl (C=O) groups is 2. The van der Waals surface area contributed by atoms with E-state index in [2.05, 4.69) is 18.7 Å². The van der Waals surface area contributed by atoms with Crippen molar-refractivity contribution in [2.24, 2.45) is 28.4 Å². The molecule has 2 N–H and O–H groups in total. The zero-order valence-electron chi connectivity index (χ0n) is 13.2. The third-order valence-electron chi connectivity index (χ3n) is 6.70. The van der Waals surface area contributed by atoms with Crippen LogP contribution in [0.25, 0.3) is 0 Å². The highest BCUT2D eigenvalue weighted by atomic mass is 16.2. The van der Waals surface area contributed by atoms with Gasteiger partial charge in [-0.25, -0.2) is 0 Å². The lowest BCUT2D eigenvalue weighted by molar-refractivity contribution is -0.170. The number of rotatable bonds is 2. The summed E-state index contributed by atoms with van der Waals surface area (Å²) in [5.41, 5.74) is 6.24. The molecule has 1 saturated heterocycles. The van der Waals surface area contributed by atoms with E-state index in [1.165, 1.54) is 19.3 Å². The SMILES string of the molecule is C[C@@]12CC3CC(N4C[C@@H](C(N)=O)CC4=O)(C1)C[C@@](C)(C3)C2. The topological polar surface area (TPSA) is 63.4 Å². The molecule has 0 radical (unpaired) electrons. The van der Waals surface area contributed by atoms with Crippen molar-refractivity contribution in [3.05, 3.63) is 0 Å². The van der Waals surface area contributed by atoms with E-state index in [-0.39, 0.29) is 23.3 Å². The molecule has 4 aliphatic carbocycles. The minimum absolute atomic E-state index is 0.0181. The minimum atomic E-state index is -0.312. The van der Waals surface area contributed by atoms with Gasteiger partial charge in [-0.15, -0.1) is 0 Å². The molecule has 21 heavy (non-hydrogen) atoms. The van der Waals surface area contributed by atoms with Crippen molar-refractivity contribution < 1.29 is 9.59 Å². The van der Waals surface area contributed by atoms with Crippen molar-refractivity contribution >= 4 is 11.8 Å². The normalized spacial score (nSPS) is 51.7. The summed E-state index contributed by atoms with van der Waals surface area (Å²) in [5, 5.41) is 0. The smallest absolute Gasteiger partial charge is 0.223 e. The maximum atomic E-state index is 12.5. The first-order valence-electron chi connectivity index (χ1n) is 8.33. The molecule has 4 bridgehead atoms. The number of amides is 2. The van der Waals surface area contributed by atoms with E-state index in [0.29, 0.717) is 23.8 Å². The van der Waals surface area contributed by atoms with Crippen LogP contribution in [0.3, 0.4) is 0 Å². The molecule has 0 aromatic rings. The number of nitrogens with zero attached hydrogens (tertiary/aromatic N) is 1. The van der Waals surface area contributed by atoms with E-state index in [0.717, 1.165) is 25.2 Å². The van der Waals surface area contributed by atoms with Crippen molar-refractivity contribution in [1.29, 1.82) is 0 Å². The van der Waals surface area contributed by atoms with Crippen molar-refractivity contribution in [1.82, 2.24) is 4.90 Å². The van der Waals surface area contributed by atoms with Gasteiger partial charge in [-0.3, -0.25) is 9.59 Å². The van der Waals surface area contributed by atoms with Crippen molar-refractivity contribution in [2.45, 2.75) is 64.3 Å². The van der Waals surface area contributed by atoms with Gasteiger partial charge in [0.2, 0.25) is 11.8 Å². The average Bonchev–Trinajstić information content (AvgIpc) is 2.67. The van der Waals surface area contributed by atoms with E-state index >= 15 is 0 Å². The largest absolute Gasteiger partial charge is 0.369 e. The molecular weight excluding hydrogens is 264 g/mol. The molecule has 5 fully saturated rings. The van der Waals surface area contributed by atoms with Gasteiger partial charge >= 0.3 is 0 Å². The molecule has 4 heteroatoms. The molecular formula is C17H26N2O2. The van der Waals surface area contributed by atoms with E-state index in [1.54, 1.807) is 0 Å². The summed E-state index contributed by atoms with van der Waals surface area (Å²) in [6, 6.07) is 0. The number of likely N-dealkylation sites (tertiary alicyclic amines) is 1. The molecule has 0 aromatic carbocycles. The maximum absolute atomic E-state index is 12.5. The number of nitrogens with two attached hydrogens (primary N) is 1. The first kappa shape index (κ1) is 13.6. The Balaban J connectivity index is 1.68. The van der Waals surface area contributed by atoms with Gasteiger partial charge in [0, 0.05) is 18.5 Å². The Morgan fingerprint density at radius 3 is 2.24 bits per heavy atom. The van der Waals surface area contributed by atoms with Crippen LogP contribution in [0.15, 0.2) is 0 Å². The number of primary amides is 1. The van der Waals surface area contributed by atoms with E-state index in [9.17, 15) is 9.59 Å². The highest BCUT2D eigenvalue weighted by Gasteiger charge is 2.63. The van der Waals surface area contributed by atoms with Gasteiger partial charge in [-0.1, -0.05) is 13.8 Å². The fourth-order valence-corrected chi connectivity index (χ4v) is 7.04. The van der Waals surface area contributed by atoms with Crippen LogP contribution >= 0.6 is 0 Å². The van der Waals surface area contributed by atoms with Crippen LogP contribution in [0.1, 0.15) is 58.8 Å². The van der Waals surface area contributed by atoms with Gasteiger partial charge in [0.25, 0.3) is 0 Å². The van der Waals surface area contributed by atoms with Crippen molar-refractivity contribution in [3.63, 3.8) is 0 Å². The lowest BCUT2D eigenvalue weighted by Crippen LogP contribution is -2.65. The number of hydrogen-bond donors (Lipinski definition) is 1. The van der Waals surface area contributed by atoms with E-state index in [4.69, 9.17) is 5.73 Å². The van der Waals surface area contributed by atoms with Crippen LogP contribution in [0.5, 0.6) is 0 Å². The van der Waals surface area contributed by atoms with Crippen LogP contribution in [-0.2, 0) is 9.59 Å². The Morgan fingerprint density at radius 1 is 1.14 bits per heavy atom. The van der Waals surface area contributed by atoms with Crippen molar-refractivity contribution in [2.75, 3.05) is 6.54 Å². The summed E-state index contributed by atoms with van der Waals surface area (Å²) >= 11 is 0. The van der Waals surface area contributed by atoms with Crippen molar-refractivity contribution in [3.8, 4) is 0 Å². The second-order valence-corrected chi connectivity index (χ2v) is 9.16. The molecule has 0 aromatic heterocycles. The lowest BCUT2D eigenvalue weighted by Gasteiger charge is -2.67. The molecule has 116 valence electrons. The van der Waals surface area contributed by atoms with Crippen LogP contribution < -0.4 is 5.73 Å². The second kappa shape index (κ2) is 3.82. The molecule has 4 nitrogen and oxygen atoms in total. The minimum Gasteiger partial charge on any atom is -0.369 e. The Hall–Kier alpha value is -1.06. The first-order chi connectivity index (χ1) is 9.73. The zero-order valence-corrected chi connectivity index (χ0v) is 13.2. The third-order valence-corrected chi connectivity index (χ3v) is 6.70. The summed E-state index contributed by atoms with van der Waals surface area (Å²) in [5.74, 6) is 0.337. The van der Waals surface area contributed by atoms with Crippen LogP contribution in [0, 0.1) is 22.7 Å². The lowest BCUT2D eigenvalue weighted by atomic mass is 9.42. The Labute approximate surface area is 126 Å². The molecule has 2 amide bonds. The highest BCUT2D eigenvalue weighted by Crippen LogP contribution is 2.68. The predicted molar refractivity (Wildman–Crippen MR) is 79.2 cm³/mol. The summed E-state index contributed by atoms with van der Waals surface area (Å²) in [6.45, 7) is 5.39. The van der Waals surface area contributed by atoms with Gasteiger partial charge in [0.05, 0.1) is 5.92 Å². The molecule has 5 rings (SSSR count). The molecule has 4 saturated carbocycles. The standard InChI is InChI=1S/C17H26N2O2/c1-15-4-11-5-16(2,8-15)10-17(6-11,9-15)19-7-12(14(18)21)3-13(19)20/h11-12H,3-10H2,1-2H3,(H2,18,21)/t11?,12-,15-,16-,17?/m0/s1. The maximum Gasteiger partial charge on any atom is 0.223 e. The van der Waals surface area contributed by atoms with Gasteiger partial charge in [-0.05, 0) is 55.3 Å². The van der Waals surface area contributed by atoms with E-state index < -0.39 is 0 Å². The van der Waals surface area contributed by atoms with Crippen LogP contribution in [0.4, 0.5) is 0 Å². The molecule has 3 atom stereocenters. The molecule has 0 unspecified atom stereocenters. The summed E-state index contributed by atoms with van der Waals surface area (Å²) in [6.07, 6.45) is 7.69. The molecule has 0 spiro atoms. The fraction of sp³-hybridized carbons (Fsp3) is 0.882. The Morgan fingerprint density at radius 2 is 1.76 bits per heavy atom. The number of hydrogen-bond acceptors (Lipinski definition) is 2. The summed E-state index contributed by atoms with van der Waals surface area (Å²) in [7, 11) is 0. The zero-order chi connectivity index (χ0) is 15.0. The molecule has 5 aliphatic rings. The van der Waals surface area contributed by atoms with E-state index in [1.807, 2.05) is 0 Å². The number of carbonyl (C=O) groups excluding carboxylic acids is 2. The third kappa shape index (κ3) is 1.87. The second-order valence-electron chi connectivity index (χ2n) is 9.16. The summed E-state index contributed by atoms with van der Waals surface area (Å²) in [4.78, 5) is 26.1. The van der Waals surface area contributed by atoms with Crippen LogP contribution in [0.2, 0.25) is 0 Å². The highest BCUT2D eigenvalue weighted by molar-refractivity contribution is 5.89.